The zero-order valence-electron chi connectivity index (χ0n) is 15.7. The minimum absolute atomic E-state index is 0.0511. The average Bonchev–Trinajstić information content (AvgIpc) is 3.05. The van der Waals surface area contributed by atoms with Gasteiger partial charge in [-0.15, -0.1) is 0 Å². The molecule has 154 valence electrons. The Kier molecular flexibility index (Phi) is 6.88. The number of sulfone groups is 1. The summed E-state index contributed by atoms with van der Waals surface area (Å²) in [6, 6.07) is 11.4. The Morgan fingerprint density at radius 3 is 2.52 bits per heavy atom. The van der Waals surface area contributed by atoms with Crippen LogP contribution in [-0.4, -0.2) is 43.4 Å². The molecule has 0 saturated carbocycles. The van der Waals surface area contributed by atoms with Crippen LogP contribution in [-0.2, 0) is 16.4 Å². The molecule has 0 bridgehead atoms. The highest BCUT2D eigenvalue weighted by Crippen LogP contribution is 2.27. The van der Waals surface area contributed by atoms with Crippen LogP contribution in [0.4, 0.5) is 0 Å². The molecule has 1 atom stereocenters. The van der Waals surface area contributed by atoms with Gasteiger partial charge in [-0.3, -0.25) is 4.79 Å². The second-order valence-corrected chi connectivity index (χ2v) is 9.92. The van der Waals surface area contributed by atoms with Crippen LogP contribution in [0.2, 0.25) is 10.0 Å². The van der Waals surface area contributed by atoms with E-state index in [9.17, 15) is 13.2 Å². The van der Waals surface area contributed by atoms with E-state index >= 15 is 0 Å². The predicted molar refractivity (Wildman–Crippen MR) is 116 cm³/mol. The van der Waals surface area contributed by atoms with E-state index in [0.717, 1.165) is 0 Å². The molecule has 8 heteroatoms. The van der Waals surface area contributed by atoms with E-state index in [-0.39, 0.29) is 24.0 Å². The summed E-state index contributed by atoms with van der Waals surface area (Å²) < 4.78 is 29.5. The normalized spacial score (nSPS) is 17.7. The molecular weight excluding hydrogens is 433 g/mol. The fourth-order valence-corrected chi connectivity index (χ4v) is 5.44. The summed E-state index contributed by atoms with van der Waals surface area (Å²) in [7, 11) is -3.16. The quantitative estimate of drug-likeness (QED) is 0.583. The van der Waals surface area contributed by atoms with Gasteiger partial charge in [-0.25, -0.2) is 8.42 Å². The van der Waals surface area contributed by atoms with Crippen LogP contribution in [0, 0.1) is 0 Å². The van der Waals surface area contributed by atoms with E-state index in [0.29, 0.717) is 39.9 Å². The Bertz CT molecular complexity index is 1010. The number of nitrogens with zero attached hydrogens (tertiary/aromatic N) is 1. The minimum Gasteiger partial charge on any atom is -0.490 e. The van der Waals surface area contributed by atoms with E-state index in [1.807, 2.05) is 0 Å². The van der Waals surface area contributed by atoms with Gasteiger partial charge in [-0.05, 0) is 48.4 Å². The van der Waals surface area contributed by atoms with Crippen molar-refractivity contribution < 1.29 is 17.9 Å². The van der Waals surface area contributed by atoms with E-state index in [4.69, 9.17) is 27.9 Å². The first-order valence-electron chi connectivity index (χ1n) is 9.08. The summed E-state index contributed by atoms with van der Waals surface area (Å²) in [5.74, 6) is 0.389. The van der Waals surface area contributed by atoms with Crippen LogP contribution in [0.3, 0.4) is 0 Å². The monoisotopic (exact) mass is 453 g/mol. The molecule has 0 aliphatic carbocycles. The van der Waals surface area contributed by atoms with Crippen molar-refractivity contribution in [2.75, 3.05) is 18.1 Å². The number of halogens is 2. The van der Waals surface area contributed by atoms with Gasteiger partial charge in [0.05, 0.1) is 11.5 Å². The Morgan fingerprint density at radius 1 is 1.21 bits per heavy atom. The second kappa shape index (κ2) is 9.20. The van der Waals surface area contributed by atoms with Gasteiger partial charge in [0.25, 0.3) is 5.91 Å². The summed E-state index contributed by atoms with van der Waals surface area (Å²) in [5.41, 5.74) is 1.16. The Labute approximate surface area is 180 Å². The third kappa shape index (κ3) is 5.53. The number of hydrogen-bond donors (Lipinski definition) is 0. The van der Waals surface area contributed by atoms with Crippen molar-refractivity contribution >= 4 is 38.9 Å². The fourth-order valence-electron chi connectivity index (χ4n) is 3.24. The van der Waals surface area contributed by atoms with Gasteiger partial charge in [-0.2, -0.15) is 0 Å². The average molecular weight is 454 g/mol. The molecule has 1 amide bonds. The first-order valence-corrected chi connectivity index (χ1v) is 11.7. The van der Waals surface area contributed by atoms with Gasteiger partial charge in [0, 0.05) is 28.2 Å². The number of rotatable bonds is 7. The standard InChI is InChI=1S/C21H21Cl2NO4S/c1-2-10-28-19-7-4-15(5-8-19)21(25)24(18-9-11-29(26,27)14-18)13-16-3-6-17(22)12-20(16)23/h2-8,12,18H,1,9-11,13-14H2. The maximum atomic E-state index is 13.3. The van der Waals surface area contributed by atoms with E-state index in [1.165, 1.54) is 0 Å². The molecule has 0 N–H and O–H groups in total. The summed E-state index contributed by atoms with van der Waals surface area (Å²) in [5, 5.41) is 0.930. The second-order valence-electron chi connectivity index (χ2n) is 6.85. The predicted octanol–water partition coefficient (Wildman–Crippen LogP) is 4.39. The van der Waals surface area contributed by atoms with Crippen LogP contribution >= 0.6 is 23.2 Å². The van der Waals surface area contributed by atoms with Crippen molar-refractivity contribution in [3.05, 3.63) is 76.3 Å². The number of benzene rings is 2. The van der Waals surface area contributed by atoms with Crippen LogP contribution in [0.1, 0.15) is 22.3 Å². The Morgan fingerprint density at radius 2 is 1.93 bits per heavy atom. The van der Waals surface area contributed by atoms with Gasteiger partial charge in [0.2, 0.25) is 0 Å². The molecule has 2 aromatic carbocycles. The topological polar surface area (TPSA) is 63.7 Å². The largest absolute Gasteiger partial charge is 0.490 e. The van der Waals surface area contributed by atoms with Crippen LogP contribution in [0.25, 0.3) is 0 Å². The highest BCUT2D eigenvalue weighted by molar-refractivity contribution is 7.91. The van der Waals surface area contributed by atoms with E-state index < -0.39 is 15.9 Å². The molecule has 29 heavy (non-hydrogen) atoms. The highest BCUT2D eigenvalue weighted by atomic mass is 35.5. The van der Waals surface area contributed by atoms with Crippen molar-refractivity contribution in [2.24, 2.45) is 0 Å². The van der Waals surface area contributed by atoms with Gasteiger partial charge in [-0.1, -0.05) is 41.9 Å². The molecule has 1 aliphatic rings. The smallest absolute Gasteiger partial charge is 0.254 e. The molecule has 1 heterocycles. The Hall–Kier alpha value is -2.02. The molecule has 0 aromatic heterocycles. The molecule has 1 aliphatic heterocycles. The first kappa shape index (κ1) is 21.7. The molecule has 1 unspecified atom stereocenters. The summed E-state index contributed by atoms with van der Waals surface area (Å²) >= 11 is 12.3. The summed E-state index contributed by atoms with van der Waals surface area (Å²) in [6.07, 6.45) is 2.04. The third-order valence-electron chi connectivity index (χ3n) is 4.73. The molecular formula is C21H21Cl2NO4S. The lowest BCUT2D eigenvalue weighted by Gasteiger charge is -2.29. The first-order chi connectivity index (χ1) is 13.8. The number of amides is 1. The SMILES string of the molecule is C=CCOc1ccc(C(=O)N(Cc2ccc(Cl)cc2Cl)C2CCS(=O)(=O)C2)cc1. The van der Waals surface area contributed by atoms with Crippen molar-refractivity contribution in [1.82, 2.24) is 4.90 Å². The molecule has 0 radical (unpaired) electrons. The third-order valence-corrected chi connectivity index (χ3v) is 7.07. The molecule has 3 rings (SSSR count). The minimum atomic E-state index is -3.16. The zero-order chi connectivity index (χ0) is 21.0. The summed E-state index contributed by atoms with van der Waals surface area (Å²) in [6.45, 7) is 4.17. The Balaban J connectivity index is 1.87. The van der Waals surface area contributed by atoms with Crippen molar-refractivity contribution in [2.45, 2.75) is 19.0 Å². The molecule has 0 spiro atoms. The van der Waals surface area contributed by atoms with Gasteiger partial charge in [0.1, 0.15) is 12.4 Å². The lowest BCUT2D eigenvalue weighted by atomic mass is 10.1. The zero-order valence-corrected chi connectivity index (χ0v) is 18.0. The van der Waals surface area contributed by atoms with Crippen molar-refractivity contribution in [3.8, 4) is 5.75 Å². The number of carbonyl (C=O) groups is 1. The molecule has 2 aromatic rings. The van der Waals surface area contributed by atoms with E-state index in [2.05, 4.69) is 6.58 Å². The van der Waals surface area contributed by atoms with Gasteiger partial charge >= 0.3 is 0 Å². The fraction of sp³-hybridized carbons (Fsp3) is 0.286. The van der Waals surface area contributed by atoms with Crippen LogP contribution in [0.5, 0.6) is 5.75 Å². The molecule has 1 saturated heterocycles. The lowest BCUT2D eigenvalue weighted by Crippen LogP contribution is -2.40. The number of ether oxygens (including phenoxy) is 1. The molecule has 5 nitrogen and oxygen atoms in total. The molecule has 1 fully saturated rings. The number of carbonyl (C=O) groups excluding carboxylic acids is 1. The van der Waals surface area contributed by atoms with Crippen LogP contribution in [0.15, 0.2) is 55.1 Å². The lowest BCUT2D eigenvalue weighted by molar-refractivity contribution is 0.0681. The van der Waals surface area contributed by atoms with E-state index in [1.54, 1.807) is 53.4 Å². The van der Waals surface area contributed by atoms with Crippen molar-refractivity contribution in [3.63, 3.8) is 0 Å². The van der Waals surface area contributed by atoms with Crippen LogP contribution < -0.4 is 4.74 Å². The highest BCUT2D eigenvalue weighted by Gasteiger charge is 2.35. The maximum Gasteiger partial charge on any atom is 0.254 e. The van der Waals surface area contributed by atoms with Gasteiger partial charge in [0.15, 0.2) is 9.84 Å². The van der Waals surface area contributed by atoms with Gasteiger partial charge < -0.3 is 9.64 Å². The maximum absolute atomic E-state index is 13.3. The van der Waals surface area contributed by atoms with Crippen molar-refractivity contribution in [1.29, 1.82) is 0 Å². The summed E-state index contributed by atoms with van der Waals surface area (Å²) in [4.78, 5) is 14.8. The number of hydrogen-bond acceptors (Lipinski definition) is 4.